The Bertz CT molecular complexity index is 429. The van der Waals surface area contributed by atoms with Crippen molar-refractivity contribution in [2.45, 2.75) is 6.42 Å². The lowest BCUT2D eigenvalue weighted by atomic mass is 10.4. The van der Waals surface area contributed by atoms with Crippen LogP contribution in [0.3, 0.4) is 0 Å². The quantitative estimate of drug-likeness (QED) is 0.733. The van der Waals surface area contributed by atoms with E-state index in [-0.39, 0.29) is 5.75 Å². The third-order valence-electron chi connectivity index (χ3n) is 2.07. The van der Waals surface area contributed by atoms with Crippen molar-refractivity contribution < 1.29 is 8.42 Å². The number of hydrogen-bond acceptors (Lipinski definition) is 3. The molecular weight excluding hydrogens is 224 g/mol. The van der Waals surface area contributed by atoms with Crippen molar-refractivity contribution in [1.29, 1.82) is 0 Å². The van der Waals surface area contributed by atoms with Crippen LogP contribution in [0.15, 0.2) is 18.3 Å². The van der Waals surface area contributed by atoms with E-state index in [0.717, 1.165) is 0 Å². The summed E-state index contributed by atoms with van der Waals surface area (Å²) >= 11 is 5.66. The molecule has 0 aromatic carbocycles. The average molecular weight is 233 g/mol. The molecule has 0 radical (unpaired) electrons. The van der Waals surface area contributed by atoms with Gasteiger partial charge in [-0.05, 0) is 18.6 Å². The number of nitrogens with zero attached hydrogens (tertiary/aromatic N) is 2. The highest BCUT2D eigenvalue weighted by molar-refractivity contribution is 7.93. The van der Waals surface area contributed by atoms with Gasteiger partial charge < -0.3 is 0 Å². The summed E-state index contributed by atoms with van der Waals surface area (Å²) in [6.07, 6.45) is 2.11. The van der Waals surface area contributed by atoms with Crippen LogP contribution in [0.2, 0.25) is 5.02 Å². The Hall–Kier alpha value is -0.810. The van der Waals surface area contributed by atoms with E-state index in [0.29, 0.717) is 23.8 Å². The zero-order valence-corrected chi connectivity index (χ0v) is 8.92. The molecule has 0 amide bonds. The van der Waals surface area contributed by atoms with Gasteiger partial charge in [-0.2, -0.15) is 0 Å². The standard InChI is InChI=1S/C8H9ClN2O2S/c9-7-2-3-8(10-6-7)11-4-1-5-14(11,12)13/h2-3,6H,1,4-5H2. The Labute approximate surface area is 87.6 Å². The van der Waals surface area contributed by atoms with Gasteiger partial charge in [-0.25, -0.2) is 13.4 Å². The second-order valence-electron chi connectivity index (χ2n) is 3.08. The molecule has 1 aromatic rings. The number of sulfonamides is 1. The lowest BCUT2D eigenvalue weighted by Gasteiger charge is -2.14. The summed E-state index contributed by atoms with van der Waals surface area (Å²) in [6, 6.07) is 3.25. The Morgan fingerprint density at radius 2 is 2.21 bits per heavy atom. The lowest BCUT2D eigenvalue weighted by Crippen LogP contribution is -2.25. The molecule has 0 saturated carbocycles. The number of aromatic nitrogens is 1. The van der Waals surface area contributed by atoms with Gasteiger partial charge in [-0.15, -0.1) is 0 Å². The Balaban J connectivity index is 2.36. The van der Waals surface area contributed by atoms with Gasteiger partial charge in [-0.3, -0.25) is 4.31 Å². The number of rotatable bonds is 1. The van der Waals surface area contributed by atoms with Gasteiger partial charge in [-0.1, -0.05) is 11.6 Å². The molecule has 0 aliphatic carbocycles. The molecule has 0 atom stereocenters. The van der Waals surface area contributed by atoms with E-state index in [9.17, 15) is 8.42 Å². The molecule has 0 unspecified atom stereocenters. The van der Waals surface area contributed by atoms with Gasteiger partial charge in [0.2, 0.25) is 10.0 Å². The smallest absolute Gasteiger partial charge is 0.236 e. The van der Waals surface area contributed by atoms with Crippen LogP contribution in [-0.4, -0.2) is 25.7 Å². The molecule has 0 N–H and O–H groups in total. The normalized spacial score (nSPS) is 19.9. The molecule has 76 valence electrons. The largest absolute Gasteiger partial charge is 0.254 e. The van der Waals surface area contributed by atoms with Crippen molar-refractivity contribution in [1.82, 2.24) is 4.98 Å². The average Bonchev–Trinajstić information content (AvgIpc) is 2.47. The van der Waals surface area contributed by atoms with Crippen LogP contribution < -0.4 is 4.31 Å². The summed E-state index contributed by atoms with van der Waals surface area (Å²) in [5, 5.41) is 0.505. The second-order valence-corrected chi connectivity index (χ2v) is 5.53. The molecule has 0 spiro atoms. The minimum Gasteiger partial charge on any atom is -0.254 e. The highest BCUT2D eigenvalue weighted by Gasteiger charge is 2.28. The minimum atomic E-state index is -3.13. The predicted molar refractivity (Wildman–Crippen MR) is 55.0 cm³/mol. The minimum absolute atomic E-state index is 0.206. The first-order chi connectivity index (χ1) is 6.59. The van der Waals surface area contributed by atoms with Gasteiger partial charge in [0.1, 0.15) is 5.82 Å². The van der Waals surface area contributed by atoms with Crippen molar-refractivity contribution in [3.8, 4) is 0 Å². The summed E-state index contributed by atoms with van der Waals surface area (Å²) in [6.45, 7) is 0.511. The highest BCUT2D eigenvalue weighted by Crippen LogP contribution is 2.22. The highest BCUT2D eigenvalue weighted by atomic mass is 35.5. The van der Waals surface area contributed by atoms with Crippen molar-refractivity contribution in [3.05, 3.63) is 23.4 Å². The Kier molecular flexibility index (Phi) is 2.36. The summed E-state index contributed by atoms with van der Waals surface area (Å²) in [5.74, 6) is 0.656. The predicted octanol–water partition coefficient (Wildman–Crippen LogP) is 1.27. The maximum absolute atomic E-state index is 11.5. The molecule has 1 aliphatic rings. The van der Waals surface area contributed by atoms with Crippen molar-refractivity contribution in [3.63, 3.8) is 0 Å². The molecule has 1 aliphatic heterocycles. The number of halogens is 1. The van der Waals surface area contributed by atoms with E-state index in [4.69, 9.17) is 11.6 Å². The molecule has 1 fully saturated rings. The van der Waals surface area contributed by atoms with Crippen molar-refractivity contribution in [2.75, 3.05) is 16.6 Å². The van der Waals surface area contributed by atoms with E-state index in [1.165, 1.54) is 10.5 Å². The van der Waals surface area contributed by atoms with Crippen LogP contribution in [0, 0.1) is 0 Å². The first-order valence-electron chi connectivity index (χ1n) is 4.21. The molecule has 4 nitrogen and oxygen atoms in total. The van der Waals surface area contributed by atoms with E-state index < -0.39 is 10.0 Å². The number of anilines is 1. The third kappa shape index (κ3) is 1.69. The van der Waals surface area contributed by atoms with Crippen LogP contribution >= 0.6 is 11.6 Å². The van der Waals surface area contributed by atoms with Crippen molar-refractivity contribution >= 4 is 27.4 Å². The van der Waals surface area contributed by atoms with E-state index in [2.05, 4.69) is 4.98 Å². The summed E-state index contributed by atoms with van der Waals surface area (Å²) in [4.78, 5) is 3.97. The van der Waals surface area contributed by atoms with Gasteiger partial charge in [0.15, 0.2) is 0 Å². The molecule has 14 heavy (non-hydrogen) atoms. The zero-order valence-electron chi connectivity index (χ0n) is 7.35. The topological polar surface area (TPSA) is 50.3 Å². The first-order valence-corrected chi connectivity index (χ1v) is 6.20. The summed E-state index contributed by atoms with van der Waals surface area (Å²) in [5.41, 5.74) is 0. The molecule has 0 bridgehead atoms. The van der Waals surface area contributed by atoms with Gasteiger partial charge in [0.05, 0.1) is 10.8 Å². The maximum atomic E-state index is 11.5. The monoisotopic (exact) mass is 232 g/mol. The fourth-order valence-electron chi connectivity index (χ4n) is 1.41. The van der Waals surface area contributed by atoms with Gasteiger partial charge in [0.25, 0.3) is 0 Å². The molecule has 2 heterocycles. The van der Waals surface area contributed by atoms with Crippen LogP contribution in [-0.2, 0) is 10.0 Å². The summed E-state index contributed by atoms with van der Waals surface area (Å²) < 4.78 is 24.3. The molecular formula is C8H9ClN2O2S. The molecule has 1 aromatic heterocycles. The van der Waals surface area contributed by atoms with Gasteiger partial charge >= 0.3 is 0 Å². The molecule has 2 rings (SSSR count). The molecule has 6 heteroatoms. The third-order valence-corrected chi connectivity index (χ3v) is 4.14. The fourth-order valence-corrected chi connectivity index (χ4v) is 3.04. The van der Waals surface area contributed by atoms with E-state index in [1.807, 2.05) is 0 Å². The fraction of sp³-hybridized carbons (Fsp3) is 0.375. The van der Waals surface area contributed by atoms with Crippen molar-refractivity contribution in [2.24, 2.45) is 0 Å². The Morgan fingerprint density at radius 1 is 1.43 bits per heavy atom. The first kappa shape index (κ1) is 9.73. The Morgan fingerprint density at radius 3 is 2.71 bits per heavy atom. The number of hydrogen-bond donors (Lipinski definition) is 0. The summed E-state index contributed by atoms with van der Waals surface area (Å²) in [7, 11) is -3.13. The van der Waals surface area contributed by atoms with Crippen LogP contribution in [0.1, 0.15) is 6.42 Å². The molecule has 1 saturated heterocycles. The SMILES string of the molecule is O=S1(=O)CCCN1c1ccc(Cl)cn1. The van der Waals surface area contributed by atoms with Crippen LogP contribution in [0.5, 0.6) is 0 Å². The van der Waals surface area contributed by atoms with Gasteiger partial charge in [0, 0.05) is 12.7 Å². The van der Waals surface area contributed by atoms with Crippen LogP contribution in [0.4, 0.5) is 5.82 Å². The second kappa shape index (κ2) is 3.40. The van der Waals surface area contributed by atoms with E-state index in [1.54, 1.807) is 12.1 Å². The lowest BCUT2D eigenvalue weighted by molar-refractivity contribution is 0.599. The number of pyridine rings is 1. The van der Waals surface area contributed by atoms with E-state index >= 15 is 0 Å². The maximum Gasteiger partial charge on any atom is 0.236 e. The zero-order chi connectivity index (χ0) is 10.2. The van der Waals surface area contributed by atoms with Crippen LogP contribution in [0.25, 0.3) is 0 Å².